The first-order valence-corrected chi connectivity index (χ1v) is 12.2. The Hall–Kier alpha value is -2.15. The van der Waals surface area contributed by atoms with E-state index in [1.807, 2.05) is 5.06 Å². The summed E-state index contributed by atoms with van der Waals surface area (Å²) in [5.74, 6) is 1.37. The summed E-state index contributed by atoms with van der Waals surface area (Å²) in [5.41, 5.74) is 2.97. The summed E-state index contributed by atoms with van der Waals surface area (Å²) >= 11 is 0. The van der Waals surface area contributed by atoms with E-state index in [2.05, 4.69) is 42.3 Å². The van der Waals surface area contributed by atoms with Crippen molar-refractivity contribution >= 4 is 17.0 Å². The number of hydrogen-bond acceptors (Lipinski definition) is 5. The molecule has 0 aromatic carbocycles. The van der Waals surface area contributed by atoms with E-state index < -0.39 is 0 Å². The minimum absolute atomic E-state index is 0.127. The zero-order valence-electron chi connectivity index (χ0n) is 20.0. The van der Waals surface area contributed by atoms with Crippen molar-refractivity contribution in [3.05, 3.63) is 29.0 Å². The number of anilines is 1. The van der Waals surface area contributed by atoms with Crippen molar-refractivity contribution in [1.82, 2.24) is 19.5 Å². The molecule has 3 aliphatic rings. The second kappa shape index (κ2) is 7.44. The number of aromatic amines is 1. The fourth-order valence-electron chi connectivity index (χ4n) is 7.31. The Kier molecular flexibility index (Phi) is 5.04. The number of hydroxylamine groups is 1. The number of allylic oxidation sites excluding steroid dienone is 1. The predicted octanol–water partition coefficient (Wildman–Crippen LogP) is 4.98. The highest BCUT2D eigenvalue weighted by atomic mass is 16.7. The Morgan fingerprint density at radius 2 is 2.00 bits per heavy atom. The fraction of sp³-hybridized carbons (Fsp3) is 0.720. The van der Waals surface area contributed by atoms with Gasteiger partial charge < -0.3 is 0 Å². The number of fused-ring (bicyclic) bond motifs is 1. The topological polar surface area (TPSA) is 76.0 Å². The molecular formula is C25H37N5O2. The highest BCUT2D eigenvalue weighted by molar-refractivity contribution is 5.83. The molecule has 0 amide bonds. The van der Waals surface area contributed by atoms with E-state index in [1.165, 1.54) is 50.4 Å². The standard InChI is InChI=1S/C25H37N5O2/c1-17-8-6-9-18-23(2,10-7-11-25(17,18)4)12-13-24(3)14-15-29-19-20(28-22(29)31)26-16-27-21(19)30(24)32-5/h16,18H,1,6-15H2,2-5H3,(H,26,27,28,31)/t18-,23-,24-,25-/m0/s1. The van der Waals surface area contributed by atoms with Gasteiger partial charge in [-0.25, -0.2) is 19.8 Å². The molecular weight excluding hydrogens is 402 g/mol. The smallest absolute Gasteiger partial charge is 0.290 e. The van der Waals surface area contributed by atoms with Crippen molar-refractivity contribution < 1.29 is 4.84 Å². The van der Waals surface area contributed by atoms with E-state index in [-0.39, 0.29) is 16.6 Å². The van der Waals surface area contributed by atoms with Crippen LogP contribution < -0.4 is 10.8 Å². The lowest BCUT2D eigenvalue weighted by Gasteiger charge is -2.56. The summed E-state index contributed by atoms with van der Waals surface area (Å²) in [5, 5.41) is 1.94. The van der Waals surface area contributed by atoms with E-state index in [0.29, 0.717) is 29.3 Å². The van der Waals surface area contributed by atoms with E-state index in [9.17, 15) is 4.79 Å². The number of nitrogens with one attached hydrogen (secondary N) is 1. The van der Waals surface area contributed by atoms with Crippen LogP contribution in [0.5, 0.6) is 0 Å². The van der Waals surface area contributed by atoms with Gasteiger partial charge in [-0.05, 0) is 75.0 Å². The van der Waals surface area contributed by atoms with Crippen LogP contribution in [0.25, 0.3) is 11.2 Å². The largest absolute Gasteiger partial charge is 0.327 e. The number of nitrogens with zero attached hydrogens (tertiary/aromatic N) is 4. The van der Waals surface area contributed by atoms with Crippen LogP contribution in [0.15, 0.2) is 23.3 Å². The Bertz CT molecular complexity index is 1110. The van der Waals surface area contributed by atoms with Crippen molar-refractivity contribution in [3.63, 3.8) is 0 Å². The average molecular weight is 440 g/mol. The molecule has 5 rings (SSSR count). The quantitative estimate of drug-likeness (QED) is 0.680. The number of rotatable bonds is 4. The average Bonchev–Trinajstić information content (AvgIpc) is 3.01. The lowest BCUT2D eigenvalue weighted by Crippen LogP contribution is -2.50. The van der Waals surface area contributed by atoms with Crippen molar-refractivity contribution in [2.75, 3.05) is 12.2 Å². The molecule has 2 aromatic rings. The summed E-state index contributed by atoms with van der Waals surface area (Å²) in [7, 11) is 1.71. The van der Waals surface area contributed by atoms with Gasteiger partial charge >= 0.3 is 5.69 Å². The summed E-state index contributed by atoms with van der Waals surface area (Å²) in [4.78, 5) is 30.2. The zero-order chi connectivity index (χ0) is 22.7. The molecule has 2 fully saturated rings. The number of imidazole rings is 1. The van der Waals surface area contributed by atoms with Crippen LogP contribution in [0.3, 0.4) is 0 Å². The highest BCUT2D eigenvalue weighted by Gasteiger charge is 2.52. The number of hydrogen-bond donors (Lipinski definition) is 1. The summed E-state index contributed by atoms with van der Waals surface area (Å²) in [6.07, 6.45) is 12.1. The van der Waals surface area contributed by atoms with Gasteiger partial charge in [0.15, 0.2) is 11.5 Å². The molecule has 7 heteroatoms. The molecule has 2 aliphatic carbocycles. The van der Waals surface area contributed by atoms with Gasteiger partial charge in [-0.3, -0.25) is 14.4 Å². The molecule has 1 N–H and O–H groups in total. The van der Waals surface area contributed by atoms with Crippen molar-refractivity contribution in [1.29, 1.82) is 0 Å². The molecule has 3 heterocycles. The molecule has 0 spiro atoms. The SMILES string of the molecule is C=C1CCC[C@H]2[C@](C)(CC[C@@]3(C)CCn4c(=O)[nH]c5ncnc(c54)N3OC)CCC[C@@]12C. The van der Waals surface area contributed by atoms with Crippen molar-refractivity contribution in [2.24, 2.45) is 16.7 Å². The second-order valence-corrected chi connectivity index (χ2v) is 11.2. The van der Waals surface area contributed by atoms with Crippen molar-refractivity contribution in [3.8, 4) is 0 Å². The van der Waals surface area contributed by atoms with Gasteiger partial charge in [0.25, 0.3) is 0 Å². The molecule has 32 heavy (non-hydrogen) atoms. The third-order valence-electron chi connectivity index (χ3n) is 9.35. The van der Waals surface area contributed by atoms with Gasteiger partial charge in [0.05, 0.1) is 12.6 Å². The molecule has 4 atom stereocenters. The minimum Gasteiger partial charge on any atom is -0.290 e. The number of aryl methyl sites for hydroxylation is 1. The van der Waals surface area contributed by atoms with Crippen LogP contribution in [-0.2, 0) is 11.4 Å². The molecule has 174 valence electrons. The zero-order valence-corrected chi connectivity index (χ0v) is 20.0. The first-order chi connectivity index (χ1) is 15.2. The lowest BCUT2D eigenvalue weighted by atomic mass is 9.49. The van der Waals surface area contributed by atoms with Crippen LogP contribution in [0.4, 0.5) is 5.82 Å². The molecule has 0 radical (unpaired) electrons. The van der Waals surface area contributed by atoms with Crippen LogP contribution in [-0.4, -0.2) is 32.2 Å². The maximum Gasteiger partial charge on any atom is 0.327 e. The van der Waals surface area contributed by atoms with E-state index in [1.54, 1.807) is 11.7 Å². The minimum atomic E-state index is -0.260. The summed E-state index contributed by atoms with van der Waals surface area (Å²) < 4.78 is 1.77. The van der Waals surface area contributed by atoms with Crippen LogP contribution >= 0.6 is 0 Å². The normalized spacial score (nSPS) is 35.1. The molecule has 0 unspecified atom stereocenters. The lowest BCUT2D eigenvalue weighted by molar-refractivity contribution is -0.0236. The van der Waals surface area contributed by atoms with Gasteiger partial charge in [-0.1, -0.05) is 32.4 Å². The van der Waals surface area contributed by atoms with Gasteiger partial charge in [0, 0.05) is 6.54 Å². The molecule has 2 aromatic heterocycles. The predicted molar refractivity (Wildman–Crippen MR) is 126 cm³/mol. The van der Waals surface area contributed by atoms with E-state index in [4.69, 9.17) is 4.84 Å². The van der Waals surface area contributed by atoms with Crippen molar-refractivity contribution in [2.45, 2.75) is 90.6 Å². The third-order valence-corrected chi connectivity index (χ3v) is 9.35. The third kappa shape index (κ3) is 3.07. The van der Waals surface area contributed by atoms with E-state index in [0.717, 1.165) is 24.8 Å². The first-order valence-electron chi connectivity index (χ1n) is 12.2. The van der Waals surface area contributed by atoms with E-state index >= 15 is 0 Å². The first kappa shape index (κ1) is 21.7. The Morgan fingerprint density at radius 1 is 1.19 bits per heavy atom. The molecule has 1 aliphatic heterocycles. The van der Waals surface area contributed by atoms with Gasteiger partial charge in [-0.15, -0.1) is 0 Å². The second-order valence-electron chi connectivity index (χ2n) is 11.2. The van der Waals surface area contributed by atoms with Gasteiger partial charge in [0.2, 0.25) is 0 Å². The highest BCUT2D eigenvalue weighted by Crippen LogP contribution is 2.61. The Morgan fingerprint density at radius 3 is 2.78 bits per heavy atom. The maximum absolute atomic E-state index is 12.6. The number of aromatic nitrogens is 4. The van der Waals surface area contributed by atoms with Gasteiger partial charge in [-0.2, -0.15) is 0 Å². The van der Waals surface area contributed by atoms with Crippen LogP contribution in [0.2, 0.25) is 0 Å². The maximum atomic E-state index is 12.6. The van der Waals surface area contributed by atoms with Crippen LogP contribution in [0, 0.1) is 16.7 Å². The summed E-state index contributed by atoms with van der Waals surface area (Å²) in [6.45, 7) is 12.4. The monoisotopic (exact) mass is 439 g/mol. The summed E-state index contributed by atoms with van der Waals surface area (Å²) in [6, 6.07) is 0. The molecule has 2 saturated carbocycles. The molecule has 0 bridgehead atoms. The fourth-order valence-corrected chi connectivity index (χ4v) is 7.31. The Labute approximate surface area is 190 Å². The molecule has 7 nitrogen and oxygen atoms in total. The number of H-pyrrole nitrogens is 1. The molecule has 0 saturated heterocycles. The van der Waals surface area contributed by atoms with Gasteiger partial charge in [0.1, 0.15) is 11.8 Å². The van der Waals surface area contributed by atoms with Crippen LogP contribution in [0.1, 0.15) is 78.6 Å². The Balaban J connectivity index is 1.46.